The van der Waals surface area contributed by atoms with Gasteiger partial charge in [-0.2, -0.15) is 0 Å². The summed E-state index contributed by atoms with van der Waals surface area (Å²) < 4.78 is 0. The van der Waals surface area contributed by atoms with Crippen LogP contribution in [0, 0.1) is 0 Å². The molecule has 0 aliphatic carbocycles. The SMILES string of the molecule is CCC(c1ccccc1)N(C)C(=O)[C@@H]1CCC(O)N1. The van der Waals surface area contributed by atoms with E-state index in [2.05, 4.69) is 24.4 Å². The van der Waals surface area contributed by atoms with Crippen molar-refractivity contribution in [3.63, 3.8) is 0 Å². The third kappa shape index (κ3) is 3.14. The first-order valence-corrected chi connectivity index (χ1v) is 6.89. The largest absolute Gasteiger partial charge is 0.379 e. The monoisotopic (exact) mass is 262 g/mol. The molecular formula is C15H22N2O2. The Kier molecular flexibility index (Phi) is 4.56. The molecule has 1 aromatic rings. The molecule has 1 heterocycles. The second kappa shape index (κ2) is 6.17. The van der Waals surface area contributed by atoms with Gasteiger partial charge in [0.2, 0.25) is 5.91 Å². The average Bonchev–Trinajstić information content (AvgIpc) is 2.86. The first-order chi connectivity index (χ1) is 9.13. The molecule has 2 rings (SSSR count). The quantitative estimate of drug-likeness (QED) is 0.868. The fraction of sp³-hybridized carbons (Fsp3) is 0.533. The van der Waals surface area contributed by atoms with Gasteiger partial charge >= 0.3 is 0 Å². The number of hydrogen-bond acceptors (Lipinski definition) is 3. The number of aliphatic hydroxyl groups is 1. The van der Waals surface area contributed by atoms with E-state index in [9.17, 15) is 9.90 Å². The molecule has 1 fully saturated rings. The van der Waals surface area contributed by atoms with Crippen LogP contribution in [0.3, 0.4) is 0 Å². The van der Waals surface area contributed by atoms with Gasteiger partial charge in [0, 0.05) is 7.05 Å². The lowest BCUT2D eigenvalue weighted by Crippen LogP contribution is -2.44. The summed E-state index contributed by atoms with van der Waals surface area (Å²) in [5.74, 6) is 0.0623. The summed E-state index contributed by atoms with van der Waals surface area (Å²) in [5, 5.41) is 12.4. The van der Waals surface area contributed by atoms with Crippen LogP contribution in [0.4, 0.5) is 0 Å². The number of hydrogen-bond donors (Lipinski definition) is 2. The van der Waals surface area contributed by atoms with E-state index in [4.69, 9.17) is 0 Å². The molecule has 2 unspecified atom stereocenters. The van der Waals surface area contributed by atoms with Crippen molar-refractivity contribution < 1.29 is 9.90 Å². The molecule has 104 valence electrons. The van der Waals surface area contributed by atoms with Gasteiger partial charge in [-0.3, -0.25) is 10.1 Å². The van der Waals surface area contributed by atoms with Gasteiger partial charge in [0.05, 0.1) is 12.1 Å². The molecule has 4 nitrogen and oxygen atoms in total. The zero-order chi connectivity index (χ0) is 13.8. The van der Waals surface area contributed by atoms with Crippen LogP contribution in [-0.4, -0.2) is 35.2 Å². The Morgan fingerprint density at radius 2 is 2.11 bits per heavy atom. The van der Waals surface area contributed by atoms with Crippen molar-refractivity contribution in [2.24, 2.45) is 0 Å². The van der Waals surface area contributed by atoms with Crippen molar-refractivity contribution in [3.8, 4) is 0 Å². The molecule has 4 heteroatoms. The van der Waals surface area contributed by atoms with Crippen LogP contribution in [0.15, 0.2) is 30.3 Å². The predicted molar refractivity (Wildman–Crippen MR) is 74.4 cm³/mol. The summed E-state index contributed by atoms with van der Waals surface area (Å²) in [5.41, 5.74) is 1.15. The molecule has 1 aliphatic rings. The van der Waals surface area contributed by atoms with Crippen LogP contribution in [0.2, 0.25) is 0 Å². The number of aliphatic hydroxyl groups excluding tert-OH is 1. The second-order valence-electron chi connectivity index (χ2n) is 5.10. The van der Waals surface area contributed by atoms with Crippen molar-refractivity contribution in [1.82, 2.24) is 10.2 Å². The van der Waals surface area contributed by atoms with E-state index < -0.39 is 6.23 Å². The minimum absolute atomic E-state index is 0.0623. The molecule has 19 heavy (non-hydrogen) atoms. The van der Waals surface area contributed by atoms with Crippen molar-refractivity contribution in [1.29, 1.82) is 0 Å². The molecule has 0 spiro atoms. The van der Waals surface area contributed by atoms with Crippen molar-refractivity contribution in [2.45, 2.75) is 44.5 Å². The number of carbonyl (C=O) groups excluding carboxylic acids is 1. The highest BCUT2D eigenvalue weighted by atomic mass is 16.3. The minimum Gasteiger partial charge on any atom is -0.379 e. The molecule has 1 aromatic carbocycles. The topological polar surface area (TPSA) is 52.6 Å². The van der Waals surface area contributed by atoms with E-state index in [-0.39, 0.29) is 18.0 Å². The summed E-state index contributed by atoms with van der Waals surface area (Å²) >= 11 is 0. The number of nitrogens with zero attached hydrogens (tertiary/aromatic N) is 1. The maximum Gasteiger partial charge on any atom is 0.240 e. The van der Waals surface area contributed by atoms with Gasteiger partial charge in [-0.05, 0) is 24.8 Å². The van der Waals surface area contributed by atoms with E-state index in [0.717, 1.165) is 12.0 Å². The smallest absolute Gasteiger partial charge is 0.240 e. The Hall–Kier alpha value is -1.39. The number of benzene rings is 1. The number of rotatable bonds is 4. The van der Waals surface area contributed by atoms with E-state index in [0.29, 0.717) is 12.8 Å². The molecule has 0 radical (unpaired) electrons. The van der Waals surface area contributed by atoms with Gasteiger partial charge in [-0.1, -0.05) is 37.3 Å². The molecule has 1 saturated heterocycles. The summed E-state index contributed by atoms with van der Waals surface area (Å²) in [7, 11) is 1.84. The Morgan fingerprint density at radius 1 is 1.42 bits per heavy atom. The van der Waals surface area contributed by atoms with Gasteiger partial charge in [0.25, 0.3) is 0 Å². The lowest BCUT2D eigenvalue weighted by atomic mass is 10.0. The van der Waals surface area contributed by atoms with Gasteiger partial charge < -0.3 is 10.0 Å². The third-order valence-electron chi connectivity index (χ3n) is 3.81. The first-order valence-electron chi connectivity index (χ1n) is 6.89. The van der Waals surface area contributed by atoms with Crippen molar-refractivity contribution in [3.05, 3.63) is 35.9 Å². The summed E-state index contributed by atoms with van der Waals surface area (Å²) in [4.78, 5) is 14.2. The zero-order valence-electron chi connectivity index (χ0n) is 11.5. The molecular weight excluding hydrogens is 240 g/mol. The summed E-state index contributed by atoms with van der Waals surface area (Å²) in [6.45, 7) is 2.08. The van der Waals surface area contributed by atoms with Crippen LogP contribution < -0.4 is 5.32 Å². The molecule has 1 amide bonds. The fourth-order valence-electron chi connectivity index (χ4n) is 2.73. The van der Waals surface area contributed by atoms with Gasteiger partial charge in [-0.15, -0.1) is 0 Å². The Labute approximate surface area is 114 Å². The van der Waals surface area contributed by atoms with Crippen LogP contribution in [0.25, 0.3) is 0 Å². The Morgan fingerprint density at radius 3 is 2.63 bits per heavy atom. The van der Waals surface area contributed by atoms with Crippen LogP contribution in [-0.2, 0) is 4.79 Å². The van der Waals surface area contributed by atoms with Crippen LogP contribution in [0.1, 0.15) is 37.8 Å². The Bertz CT molecular complexity index is 421. The predicted octanol–water partition coefficient (Wildman–Crippen LogP) is 1.67. The lowest BCUT2D eigenvalue weighted by Gasteiger charge is -2.30. The van der Waals surface area contributed by atoms with E-state index in [1.54, 1.807) is 4.90 Å². The second-order valence-corrected chi connectivity index (χ2v) is 5.10. The maximum absolute atomic E-state index is 12.4. The number of likely N-dealkylation sites (N-methyl/N-ethyl adjacent to an activating group) is 1. The van der Waals surface area contributed by atoms with E-state index in [1.165, 1.54) is 0 Å². The highest BCUT2D eigenvalue weighted by Crippen LogP contribution is 2.24. The van der Waals surface area contributed by atoms with Gasteiger partial charge in [0.1, 0.15) is 6.23 Å². The highest BCUT2D eigenvalue weighted by Gasteiger charge is 2.32. The van der Waals surface area contributed by atoms with Crippen LogP contribution in [0.5, 0.6) is 0 Å². The molecule has 2 N–H and O–H groups in total. The summed E-state index contributed by atoms with van der Waals surface area (Å²) in [6.07, 6.45) is 1.68. The number of nitrogens with one attached hydrogen (secondary N) is 1. The lowest BCUT2D eigenvalue weighted by molar-refractivity contribution is -0.134. The molecule has 0 bridgehead atoms. The maximum atomic E-state index is 12.4. The average molecular weight is 262 g/mol. The normalized spacial score (nSPS) is 24.2. The summed E-state index contributed by atoms with van der Waals surface area (Å²) in [6, 6.07) is 9.91. The number of amides is 1. The van der Waals surface area contributed by atoms with Crippen molar-refractivity contribution >= 4 is 5.91 Å². The highest BCUT2D eigenvalue weighted by molar-refractivity contribution is 5.82. The van der Waals surface area contributed by atoms with E-state index >= 15 is 0 Å². The first kappa shape index (κ1) is 14.0. The molecule has 0 aromatic heterocycles. The molecule has 0 saturated carbocycles. The third-order valence-corrected chi connectivity index (χ3v) is 3.81. The Balaban J connectivity index is 2.08. The van der Waals surface area contributed by atoms with Gasteiger partial charge in [-0.25, -0.2) is 0 Å². The standard InChI is InChI=1S/C15H22N2O2/c1-3-13(11-7-5-4-6-8-11)17(2)15(19)12-9-10-14(18)16-12/h4-8,12-14,16,18H,3,9-10H2,1-2H3/t12-,13?,14?/m0/s1. The zero-order valence-corrected chi connectivity index (χ0v) is 11.5. The fourth-order valence-corrected chi connectivity index (χ4v) is 2.73. The number of carbonyl (C=O) groups is 1. The molecule has 3 atom stereocenters. The van der Waals surface area contributed by atoms with Gasteiger partial charge in [0.15, 0.2) is 0 Å². The van der Waals surface area contributed by atoms with E-state index in [1.807, 2.05) is 25.2 Å². The minimum atomic E-state index is -0.542. The molecule has 1 aliphatic heterocycles. The van der Waals surface area contributed by atoms with Crippen LogP contribution >= 0.6 is 0 Å². The van der Waals surface area contributed by atoms with Crippen molar-refractivity contribution in [2.75, 3.05) is 7.05 Å².